The predicted molar refractivity (Wildman–Crippen MR) is 41.6 cm³/mol. The van der Waals surface area contributed by atoms with Crippen LogP contribution in [0.4, 0.5) is 4.39 Å². The molecule has 0 spiro atoms. The maximum Gasteiger partial charge on any atom is 0.113 e. The summed E-state index contributed by atoms with van der Waals surface area (Å²) in [5.74, 6) is 0. The van der Waals surface area contributed by atoms with Gasteiger partial charge in [0.1, 0.15) is 6.67 Å². The van der Waals surface area contributed by atoms with Crippen molar-refractivity contribution in [2.45, 2.75) is 0 Å². The number of nitrogens with zero attached hydrogens (tertiary/aromatic N) is 3. The van der Waals surface area contributed by atoms with Gasteiger partial charge in [-0.2, -0.15) is 0 Å². The molecule has 0 fully saturated rings. The minimum atomic E-state index is -0.473. The van der Waals surface area contributed by atoms with E-state index in [9.17, 15) is 4.39 Å². The average Bonchev–Trinajstić information content (AvgIpc) is 2.10. The summed E-state index contributed by atoms with van der Waals surface area (Å²) in [5, 5.41) is 3.26. The second kappa shape index (κ2) is 10.2. The lowest BCUT2D eigenvalue weighted by Crippen LogP contribution is -2.07. The fraction of sp³-hybridized carbons (Fsp3) is 1.00. The Hall–Kier alpha value is -0.840. The van der Waals surface area contributed by atoms with Gasteiger partial charge in [0.15, 0.2) is 0 Å². The summed E-state index contributed by atoms with van der Waals surface area (Å²) in [4.78, 5) is 2.55. The van der Waals surface area contributed by atoms with Crippen LogP contribution >= 0.6 is 0 Å². The number of rotatable bonds is 8. The molecule has 0 aliphatic carbocycles. The first-order chi connectivity index (χ1) is 5.91. The van der Waals surface area contributed by atoms with Crippen molar-refractivity contribution >= 4 is 0 Å². The van der Waals surface area contributed by atoms with Crippen LogP contribution in [-0.4, -0.2) is 39.6 Å². The zero-order valence-electron chi connectivity index (χ0n) is 6.78. The lowest BCUT2D eigenvalue weighted by molar-refractivity contribution is 0.0456. The molecule has 70 valence electrons. The molecular weight excluding hydrogens is 164 g/mol. The lowest BCUT2D eigenvalue weighted by atomic mass is 10.7. The maximum absolute atomic E-state index is 11.4. The Morgan fingerprint density at radius 3 is 2.42 bits per heavy atom. The minimum Gasteiger partial charge on any atom is -0.379 e. The van der Waals surface area contributed by atoms with Crippen LogP contribution in [0.3, 0.4) is 0 Å². The Labute approximate surface area is 70.1 Å². The first-order valence-electron chi connectivity index (χ1n) is 3.64. The molecular formula is C6H12FN3O2. The van der Waals surface area contributed by atoms with E-state index in [1.165, 1.54) is 0 Å². The van der Waals surface area contributed by atoms with E-state index in [1.54, 1.807) is 0 Å². The van der Waals surface area contributed by atoms with Gasteiger partial charge >= 0.3 is 0 Å². The number of hydrogen-bond acceptors (Lipinski definition) is 3. The van der Waals surface area contributed by atoms with Gasteiger partial charge in [0.05, 0.1) is 26.4 Å². The first kappa shape index (κ1) is 11.2. The molecule has 0 N–H and O–H groups in total. The van der Waals surface area contributed by atoms with Crippen LogP contribution in [0, 0.1) is 0 Å². The van der Waals surface area contributed by atoms with Gasteiger partial charge in [-0.05, 0) is 5.53 Å². The minimum absolute atomic E-state index is 0.111. The molecule has 0 aromatic heterocycles. The van der Waals surface area contributed by atoms with E-state index >= 15 is 0 Å². The molecule has 0 aliphatic rings. The summed E-state index contributed by atoms with van der Waals surface area (Å²) in [6.45, 7) is 1.11. The van der Waals surface area contributed by atoms with E-state index in [1.807, 2.05) is 0 Å². The van der Waals surface area contributed by atoms with Gasteiger partial charge in [-0.25, -0.2) is 4.39 Å². The molecule has 0 atom stereocenters. The van der Waals surface area contributed by atoms with Crippen LogP contribution in [0.2, 0.25) is 0 Å². The predicted octanol–water partition coefficient (Wildman–Crippen LogP) is 1.30. The van der Waals surface area contributed by atoms with Gasteiger partial charge in [-0.15, -0.1) is 0 Å². The zero-order chi connectivity index (χ0) is 9.07. The molecule has 0 amide bonds. The van der Waals surface area contributed by atoms with E-state index in [4.69, 9.17) is 15.0 Å². The number of alkyl halides is 1. The third kappa shape index (κ3) is 9.16. The smallest absolute Gasteiger partial charge is 0.113 e. The number of azide groups is 1. The van der Waals surface area contributed by atoms with E-state index in [-0.39, 0.29) is 6.61 Å². The number of halogens is 1. The highest BCUT2D eigenvalue weighted by atomic mass is 18.2. The SMILES string of the molecule is [N-]=[N+]=NCCOCCOCC[18F]. The molecule has 0 aromatic carbocycles. The van der Waals surface area contributed by atoms with E-state index in [0.29, 0.717) is 26.4 Å². The third-order valence-electron chi connectivity index (χ3n) is 0.992. The van der Waals surface area contributed by atoms with Crippen molar-refractivity contribution in [3.63, 3.8) is 0 Å². The quantitative estimate of drug-likeness (QED) is 0.242. The van der Waals surface area contributed by atoms with Crippen molar-refractivity contribution in [2.75, 3.05) is 39.6 Å². The summed E-state index contributed by atoms with van der Waals surface area (Å²) < 4.78 is 21.2. The van der Waals surface area contributed by atoms with Crippen LogP contribution in [-0.2, 0) is 9.47 Å². The van der Waals surface area contributed by atoms with Crippen LogP contribution in [0.1, 0.15) is 0 Å². The second-order valence-corrected chi connectivity index (χ2v) is 1.87. The van der Waals surface area contributed by atoms with Gasteiger partial charge in [0, 0.05) is 11.5 Å². The topological polar surface area (TPSA) is 67.2 Å². The third-order valence-corrected chi connectivity index (χ3v) is 0.992. The summed E-state index contributed by atoms with van der Waals surface area (Å²) in [5.41, 5.74) is 7.88. The van der Waals surface area contributed by atoms with Crippen molar-refractivity contribution in [1.29, 1.82) is 0 Å². The van der Waals surface area contributed by atoms with Gasteiger partial charge in [0.25, 0.3) is 0 Å². The van der Waals surface area contributed by atoms with Crippen molar-refractivity contribution in [3.8, 4) is 0 Å². The second-order valence-electron chi connectivity index (χ2n) is 1.87. The monoisotopic (exact) mass is 176 g/mol. The number of hydrogen-bond donors (Lipinski definition) is 0. The van der Waals surface area contributed by atoms with Gasteiger partial charge < -0.3 is 9.47 Å². The van der Waals surface area contributed by atoms with Crippen LogP contribution in [0.25, 0.3) is 10.4 Å². The summed E-state index contributed by atoms with van der Waals surface area (Å²) in [6, 6.07) is 0. The molecule has 0 bridgehead atoms. The van der Waals surface area contributed by atoms with Gasteiger partial charge in [-0.3, -0.25) is 0 Å². The normalized spacial score (nSPS) is 9.42. The molecule has 6 heteroatoms. The number of ether oxygens (including phenoxy) is 2. The Bertz CT molecular complexity index is 139. The van der Waals surface area contributed by atoms with E-state index in [0.717, 1.165) is 0 Å². The van der Waals surface area contributed by atoms with Crippen molar-refractivity contribution in [1.82, 2.24) is 0 Å². The summed E-state index contributed by atoms with van der Waals surface area (Å²) in [6.07, 6.45) is 0. The summed E-state index contributed by atoms with van der Waals surface area (Å²) >= 11 is 0. The maximum atomic E-state index is 11.4. The standard InChI is InChI=1S/C6H12FN3O2/c7-1-3-11-5-6-12-4-2-9-10-8/h1-6H2/i7-1. The molecule has 0 unspecified atom stereocenters. The molecule has 0 radical (unpaired) electrons. The lowest BCUT2D eigenvalue weighted by Gasteiger charge is -2.01. The molecule has 12 heavy (non-hydrogen) atoms. The van der Waals surface area contributed by atoms with Crippen LogP contribution < -0.4 is 0 Å². The van der Waals surface area contributed by atoms with Crippen LogP contribution in [0.5, 0.6) is 0 Å². The molecule has 0 saturated heterocycles. The Morgan fingerprint density at radius 1 is 1.17 bits per heavy atom. The van der Waals surface area contributed by atoms with Crippen molar-refractivity contribution in [2.24, 2.45) is 5.11 Å². The van der Waals surface area contributed by atoms with E-state index < -0.39 is 6.67 Å². The highest BCUT2D eigenvalue weighted by Gasteiger charge is 1.88. The highest BCUT2D eigenvalue weighted by molar-refractivity contribution is 4.43. The fourth-order valence-electron chi connectivity index (χ4n) is 0.527. The Morgan fingerprint density at radius 2 is 1.83 bits per heavy atom. The Kier molecular flexibility index (Phi) is 9.45. The molecule has 0 rings (SSSR count). The molecule has 0 saturated carbocycles. The summed E-state index contributed by atoms with van der Waals surface area (Å²) in [7, 11) is 0. The van der Waals surface area contributed by atoms with Gasteiger partial charge in [-0.1, -0.05) is 5.11 Å². The molecule has 0 aromatic rings. The van der Waals surface area contributed by atoms with Gasteiger partial charge in [0.2, 0.25) is 0 Å². The van der Waals surface area contributed by atoms with Crippen molar-refractivity contribution in [3.05, 3.63) is 10.4 Å². The molecule has 0 heterocycles. The fourth-order valence-corrected chi connectivity index (χ4v) is 0.527. The molecule has 5 nitrogen and oxygen atoms in total. The molecule has 0 aliphatic heterocycles. The average molecular weight is 176 g/mol. The van der Waals surface area contributed by atoms with Crippen molar-refractivity contribution < 1.29 is 13.9 Å². The Balaban J connectivity index is 2.86. The van der Waals surface area contributed by atoms with Crippen LogP contribution in [0.15, 0.2) is 5.11 Å². The first-order valence-corrected chi connectivity index (χ1v) is 3.64. The largest absolute Gasteiger partial charge is 0.379 e. The van der Waals surface area contributed by atoms with E-state index in [2.05, 4.69) is 10.0 Å². The zero-order valence-corrected chi connectivity index (χ0v) is 6.78. The highest BCUT2D eigenvalue weighted by Crippen LogP contribution is 1.80.